The number of fused-ring (bicyclic) bond motifs is 2. The smallest absolute Gasteiger partial charge is 0.319 e. The molecule has 2 fully saturated rings. The predicted molar refractivity (Wildman–Crippen MR) is 108 cm³/mol. The molecule has 4 rings (SSSR count). The van der Waals surface area contributed by atoms with E-state index >= 15 is 0 Å². The second-order valence-corrected chi connectivity index (χ2v) is 8.66. The number of urea groups is 1. The number of benzene rings is 1. The van der Waals surface area contributed by atoms with Crippen molar-refractivity contribution < 1.29 is 4.79 Å². The lowest BCUT2D eigenvalue weighted by molar-refractivity contribution is 0.0208. The van der Waals surface area contributed by atoms with Crippen LogP contribution in [-0.2, 0) is 6.54 Å². The van der Waals surface area contributed by atoms with Gasteiger partial charge in [0.2, 0.25) is 0 Å². The van der Waals surface area contributed by atoms with E-state index in [-0.39, 0.29) is 12.1 Å². The molecule has 1 aromatic heterocycles. The van der Waals surface area contributed by atoms with Crippen LogP contribution in [0.3, 0.4) is 0 Å². The molecule has 2 aliphatic rings. The molecule has 0 radical (unpaired) electrons. The van der Waals surface area contributed by atoms with Crippen molar-refractivity contribution in [2.45, 2.75) is 63.7 Å². The summed E-state index contributed by atoms with van der Waals surface area (Å²) >= 11 is 1.85. The van der Waals surface area contributed by atoms with Gasteiger partial charge in [-0.25, -0.2) is 4.79 Å². The molecule has 3 heterocycles. The zero-order valence-corrected chi connectivity index (χ0v) is 16.1. The third-order valence-electron chi connectivity index (χ3n) is 5.69. The first-order valence-electron chi connectivity index (χ1n) is 9.60. The maximum atomic E-state index is 12.4. The molecule has 2 bridgehead atoms. The standard InChI is InChI=1S/C21H27N3OS/c1-15-7-9-16(10-8-15)22-21(25)23-17-12-18-4-2-5-19(13-17)24(18)14-20-6-3-11-26-20/h3,6-11,17-19H,2,4-5,12-14H2,1H3,(H2,22,23,25). The third-order valence-corrected chi connectivity index (χ3v) is 6.55. The highest BCUT2D eigenvalue weighted by Crippen LogP contribution is 2.35. The Balaban J connectivity index is 1.34. The zero-order chi connectivity index (χ0) is 17.9. The van der Waals surface area contributed by atoms with E-state index in [9.17, 15) is 4.79 Å². The Morgan fingerprint density at radius 3 is 2.54 bits per heavy atom. The molecule has 138 valence electrons. The highest BCUT2D eigenvalue weighted by molar-refractivity contribution is 7.09. The third kappa shape index (κ3) is 4.10. The predicted octanol–water partition coefficient (Wildman–Crippen LogP) is 4.76. The maximum Gasteiger partial charge on any atom is 0.319 e. The minimum Gasteiger partial charge on any atom is -0.335 e. The minimum absolute atomic E-state index is 0.0800. The summed E-state index contributed by atoms with van der Waals surface area (Å²) in [4.78, 5) is 16.5. The Morgan fingerprint density at radius 2 is 1.88 bits per heavy atom. The molecule has 2 aromatic rings. The van der Waals surface area contributed by atoms with Gasteiger partial charge in [-0.1, -0.05) is 30.2 Å². The molecular formula is C21H27N3OS. The van der Waals surface area contributed by atoms with E-state index in [1.807, 2.05) is 42.5 Å². The summed E-state index contributed by atoms with van der Waals surface area (Å²) in [7, 11) is 0. The number of aryl methyl sites for hydroxylation is 1. The van der Waals surface area contributed by atoms with Crippen molar-refractivity contribution >= 4 is 23.1 Å². The number of thiophene rings is 1. The molecule has 2 amide bonds. The second kappa shape index (κ2) is 7.80. The summed E-state index contributed by atoms with van der Waals surface area (Å²) in [6.07, 6.45) is 5.93. The Morgan fingerprint density at radius 1 is 1.15 bits per heavy atom. The van der Waals surface area contributed by atoms with Crippen molar-refractivity contribution in [1.82, 2.24) is 10.2 Å². The Kier molecular flexibility index (Phi) is 5.27. The van der Waals surface area contributed by atoms with Crippen molar-refractivity contribution in [2.24, 2.45) is 0 Å². The fraction of sp³-hybridized carbons (Fsp3) is 0.476. The summed E-state index contributed by atoms with van der Waals surface area (Å²) < 4.78 is 0. The highest BCUT2D eigenvalue weighted by Gasteiger charge is 2.38. The molecule has 26 heavy (non-hydrogen) atoms. The molecule has 2 unspecified atom stereocenters. The fourth-order valence-electron chi connectivity index (χ4n) is 4.43. The van der Waals surface area contributed by atoms with E-state index in [0.29, 0.717) is 12.1 Å². The van der Waals surface area contributed by atoms with Gasteiger partial charge in [0.1, 0.15) is 0 Å². The van der Waals surface area contributed by atoms with E-state index in [4.69, 9.17) is 0 Å². The summed E-state index contributed by atoms with van der Waals surface area (Å²) in [5.41, 5.74) is 2.05. The molecule has 0 aliphatic carbocycles. The van der Waals surface area contributed by atoms with Gasteiger partial charge in [0.05, 0.1) is 0 Å². The van der Waals surface area contributed by atoms with E-state index in [1.165, 1.54) is 29.7 Å². The average Bonchev–Trinajstić information content (AvgIpc) is 3.11. The molecule has 2 atom stereocenters. The van der Waals surface area contributed by atoms with E-state index in [0.717, 1.165) is 25.1 Å². The molecular weight excluding hydrogens is 342 g/mol. The number of carbonyl (C=O) groups is 1. The first-order valence-corrected chi connectivity index (χ1v) is 10.5. The van der Waals surface area contributed by atoms with E-state index in [2.05, 4.69) is 33.0 Å². The lowest BCUT2D eigenvalue weighted by Crippen LogP contribution is -2.56. The van der Waals surface area contributed by atoms with Crippen LogP contribution in [0, 0.1) is 6.92 Å². The number of nitrogens with one attached hydrogen (secondary N) is 2. The number of amides is 2. The van der Waals surface area contributed by atoms with Gasteiger partial charge in [0.25, 0.3) is 0 Å². The first kappa shape index (κ1) is 17.6. The SMILES string of the molecule is Cc1ccc(NC(=O)NC2CC3CCCC(C2)N3Cc2cccs2)cc1. The number of nitrogens with zero attached hydrogens (tertiary/aromatic N) is 1. The van der Waals surface area contributed by atoms with Crippen LogP contribution < -0.4 is 10.6 Å². The van der Waals surface area contributed by atoms with Crippen LogP contribution in [0.2, 0.25) is 0 Å². The highest BCUT2D eigenvalue weighted by atomic mass is 32.1. The molecule has 0 saturated carbocycles. The van der Waals surface area contributed by atoms with Crippen LogP contribution in [0.5, 0.6) is 0 Å². The monoisotopic (exact) mass is 369 g/mol. The molecule has 2 N–H and O–H groups in total. The van der Waals surface area contributed by atoms with Gasteiger partial charge in [-0.3, -0.25) is 4.90 Å². The Bertz CT molecular complexity index is 714. The molecule has 5 heteroatoms. The average molecular weight is 370 g/mol. The summed E-state index contributed by atoms with van der Waals surface area (Å²) in [6.45, 7) is 3.11. The van der Waals surface area contributed by atoms with E-state index < -0.39 is 0 Å². The van der Waals surface area contributed by atoms with Gasteiger partial charge in [-0.2, -0.15) is 0 Å². The van der Waals surface area contributed by atoms with Gasteiger partial charge in [0, 0.05) is 35.2 Å². The van der Waals surface area contributed by atoms with Gasteiger partial charge in [-0.15, -0.1) is 11.3 Å². The van der Waals surface area contributed by atoms with Crippen molar-refractivity contribution in [3.63, 3.8) is 0 Å². The second-order valence-electron chi connectivity index (χ2n) is 7.62. The minimum atomic E-state index is -0.0800. The van der Waals surface area contributed by atoms with Crippen LogP contribution in [0.4, 0.5) is 10.5 Å². The number of hydrogen-bond donors (Lipinski definition) is 2. The normalized spacial score (nSPS) is 25.7. The van der Waals surface area contributed by atoms with Crippen LogP contribution in [0.25, 0.3) is 0 Å². The van der Waals surface area contributed by atoms with Gasteiger partial charge < -0.3 is 10.6 Å². The van der Waals surface area contributed by atoms with Gasteiger partial charge in [-0.05, 0) is 56.2 Å². The Hall–Kier alpha value is -1.85. The molecule has 1 aromatic carbocycles. The Labute approximate surface area is 159 Å². The van der Waals surface area contributed by atoms with Crippen molar-refractivity contribution in [3.05, 3.63) is 52.2 Å². The number of piperidine rings is 2. The number of anilines is 1. The quantitative estimate of drug-likeness (QED) is 0.816. The van der Waals surface area contributed by atoms with Crippen molar-refractivity contribution in [3.8, 4) is 0 Å². The first-order chi connectivity index (χ1) is 12.7. The maximum absolute atomic E-state index is 12.4. The van der Waals surface area contributed by atoms with Crippen molar-refractivity contribution in [1.29, 1.82) is 0 Å². The van der Waals surface area contributed by atoms with E-state index in [1.54, 1.807) is 0 Å². The lowest BCUT2D eigenvalue weighted by Gasteiger charge is -2.48. The number of rotatable bonds is 4. The summed E-state index contributed by atoms with van der Waals surface area (Å²) in [5, 5.41) is 8.35. The molecule has 2 aliphatic heterocycles. The van der Waals surface area contributed by atoms with Crippen LogP contribution in [0.1, 0.15) is 42.5 Å². The lowest BCUT2D eigenvalue weighted by atomic mass is 9.81. The number of hydrogen-bond acceptors (Lipinski definition) is 3. The van der Waals surface area contributed by atoms with Crippen LogP contribution in [-0.4, -0.2) is 29.1 Å². The van der Waals surface area contributed by atoms with Crippen LogP contribution >= 0.6 is 11.3 Å². The molecule has 0 spiro atoms. The largest absolute Gasteiger partial charge is 0.335 e. The number of carbonyl (C=O) groups excluding carboxylic acids is 1. The fourth-order valence-corrected chi connectivity index (χ4v) is 5.14. The topological polar surface area (TPSA) is 44.4 Å². The summed E-state index contributed by atoms with van der Waals surface area (Å²) in [6, 6.07) is 13.7. The summed E-state index contributed by atoms with van der Waals surface area (Å²) in [5.74, 6) is 0. The van der Waals surface area contributed by atoms with Crippen LogP contribution in [0.15, 0.2) is 41.8 Å². The molecule has 2 saturated heterocycles. The van der Waals surface area contributed by atoms with Gasteiger partial charge in [0.15, 0.2) is 0 Å². The molecule has 4 nitrogen and oxygen atoms in total. The van der Waals surface area contributed by atoms with Gasteiger partial charge >= 0.3 is 6.03 Å². The zero-order valence-electron chi connectivity index (χ0n) is 15.3. The van der Waals surface area contributed by atoms with Crippen molar-refractivity contribution in [2.75, 3.05) is 5.32 Å².